The predicted octanol–water partition coefficient (Wildman–Crippen LogP) is 5.43. The second-order valence-electron chi connectivity index (χ2n) is 12.7. The number of nitrogens with one attached hydrogen (secondary N) is 1. The molecule has 5 rings (SSSR count). The summed E-state index contributed by atoms with van der Waals surface area (Å²) in [6, 6.07) is 5.57. The molecule has 5 heteroatoms. The highest BCUT2D eigenvalue weighted by atomic mass is 16.3. The summed E-state index contributed by atoms with van der Waals surface area (Å²) in [5.74, 6) is 3.83. The van der Waals surface area contributed by atoms with Crippen LogP contribution in [0.25, 0.3) is 0 Å². The average molecular weight is 469 g/mol. The molecule has 188 valence electrons. The molecule has 0 unspecified atom stereocenters. The first-order chi connectivity index (χ1) is 16.2. The fourth-order valence-corrected chi connectivity index (χ4v) is 9.38. The van der Waals surface area contributed by atoms with Crippen LogP contribution in [0.1, 0.15) is 85.0 Å². The van der Waals surface area contributed by atoms with Crippen molar-refractivity contribution in [2.24, 2.45) is 46.3 Å². The zero-order valence-corrected chi connectivity index (χ0v) is 21.2. The van der Waals surface area contributed by atoms with Gasteiger partial charge in [-0.05, 0) is 116 Å². The van der Waals surface area contributed by atoms with Crippen molar-refractivity contribution in [3.63, 3.8) is 0 Å². The molecule has 0 saturated heterocycles. The lowest BCUT2D eigenvalue weighted by atomic mass is 9.43. The van der Waals surface area contributed by atoms with E-state index in [0.717, 1.165) is 32.1 Å². The van der Waals surface area contributed by atoms with Crippen LogP contribution in [0.4, 0.5) is 5.82 Å². The second kappa shape index (κ2) is 9.20. The third kappa shape index (κ3) is 4.11. The molecule has 1 heterocycles. The number of nitrogens with zero attached hydrogens (tertiary/aromatic N) is 1. The SMILES string of the molecule is C[C@@H](CCC(=O)Nc1ccccn1)[C@@H]1CC[C@@H]2[C@H]3[C@H](O)C[C@H]4C[C@@H](O)CC[C@@]4(C)[C@@H]3CC[C@]21C. The van der Waals surface area contributed by atoms with Crippen molar-refractivity contribution in [3.05, 3.63) is 24.4 Å². The van der Waals surface area contributed by atoms with Crippen LogP contribution in [0, 0.1) is 46.3 Å². The van der Waals surface area contributed by atoms with E-state index < -0.39 is 0 Å². The maximum absolute atomic E-state index is 12.5. The van der Waals surface area contributed by atoms with Gasteiger partial charge in [-0.15, -0.1) is 0 Å². The Morgan fingerprint density at radius 3 is 2.62 bits per heavy atom. The van der Waals surface area contributed by atoms with Crippen molar-refractivity contribution in [2.75, 3.05) is 5.32 Å². The molecule has 4 aliphatic carbocycles. The van der Waals surface area contributed by atoms with Gasteiger partial charge in [0.05, 0.1) is 12.2 Å². The Morgan fingerprint density at radius 2 is 1.85 bits per heavy atom. The van der Waals surface area contributed by atoms with Crippen molar-refractivity contribution >= 4 is 11.7 Å². The van der Waals surface area contributed by atoms with E-state index in [1.807, 2.05) is 18.2 Å². The van der Waals surface area contributed by atoms with Gasteiger partial charge in [-0.1, -0.05) is 26.8 Å². The molecular formula is C29H44N2O3. The fourth-order valence-electron chi connectivity index (χ4n) is 9.38. The van der Waals surface area contributed by atoms with Crippen LogP contribution in [0.3, 0.4) is 0 Å². The molecule has 1 aromatic heterocycles. The smallest absolute Gasteiger partial charge is 0.225 e. The van der Waals surface area contributed by atoms with Crippen molar-refractivity contribution < 1.29 is 15.0 Å². The lowest BCUT2D eigenvalue weighted by Gasteiger charge is -2.62. The number of carbonyl (C=O) groups is 1. The number of aliphatic hydroxyl groups is 2. The number of carbonyl (C=O) groups excluding carboxylic acids is 1. The molecular weight excluding hydrogens is 424 g/mol. The average Bonchev–Trinajstić information content (AvgIpc) is 3.16. The van der Waals surface area contributed by atoms with Gasteiger partial charge >= 0.3 is 0 Å². The van der Waals surface area contributed by atoms with Gasteiger partial charge in [-0.2, -0.15) is 0 Å². The van der Waals surface area contributed by atoms with Gasteiger partial charge in [0.1, 0.15) is 5.82 Å². The van der Waals surface area contributed by atoms with Gasteiger partial charge in [-0.3, -0.25) is 4.79 Å². The molecule has 1 aromatic rings. The van der Waals surface area contributed by atoms with Crippen LogP contribution >= 0.6 is 0 Å². The molecule has 0 spiro atoms. The monoisotopic (exact) mass is 468 g/mol. The highest BCUT2D eigenvalue weighted by Crippen LogP contribution is 2.68. The van der Waals surface area contributed by atoms with Crippen molar-refractivity contribution in [3.8, 4) is 0 Å². The molecule has 3 N–H and O–H groups in total. The van der Waals surface area contributed by atoms with E-state index in [2.05, 4.69) is 31.1 Å². The minimum Gasteiger partial charge on any atom is -0.393 e. The molecule has 34 heavy (non-hydrogen) atoms. The largest absolute Gasteiger partial charge is 0.393 e. The van der Waals surface area contributed by atoms with Crippen molar-refractivity contribution in [1.29, 1.82) is 0 Å². The maximum Gasteiger partial charge on any atom is 0.225 e. The highest BCUT2D eigenvalue weighted by Gasteiger charge is 2.62. The van der Waals surface area contributed by atoms with E-state index in [1.165, 1.54) is 25.7 Å². The fraction of sp³-hybridized carbons (Fsp3) is 0.793. The Balaban J connectivity index is 1.25. The standard InChI is InChI=1S/C29H44N2O3/c1-18(7-10-26(34)31-25-6-4-5-15-30-25)21-8-9-22-27-23(12-14-29(21,22)3)28(2)13-11-20(32)16-19(28)17-24(27)33/h4-6,15,18-24,27,32-33H,7-14,16-17H2,1-3H3,(H,30,31,34)/t18-,19+,20-,21-,22+,23+,24+,27+,28+,29-/m0/s1. The van der Waals surface area contributed by atoms with Crippen LogP contribution in [-0.4, -0.2) is 33.3 Å². The Bertz CT molecular complexity index is 877. The number of hydrogen-bond donors (Lipinski definition) is 3. The van der Waals surface area contributed by atoms with Crippen LogP contribution in [0.5, 0.6) is 0 Å². The Kier molecular flexibility index (Phi) is 6.56. The molecule has 0 bridgehead atoms. The number of fused-ring (bicyclic) bond motifs is 5. The van der Waals surface area contributed by atoms with Crippen LogP contribution in [0.15, 0.2) is 24.4 Å². The lowest BCUT2D eigenvalue weighted by molar-refractivity contribution is -0.174. The minimum atomic E-state index is -0.226. The van der Waals surface area contributed by atoms with Crippen LogP contribution in [-0.2, 0) is 4.79 Å². The molecule has 0 radical (unpaired) electrons. The predicted molar refractivity (Wildman–Crippen MR) is 134 cm³/mol. The van der Waals surface area contributed by atoms with Gasteiger partial charge < -0.3 is 15.5 Å². The van der Waals surface area contributed by atoms with Crippen LogP contribution in [0.2, 0.25) is 0 Å². The quantitative estimate of drug-likeness (QED) is 0.538. The normalized spacial score (nSPS) is 44.4. The zero-order chi connectivity index (χ0) is 24.1. The molecule has 4 saturated carbocycles. The third-order valence-electron chi connectivity index (χ3n) is 11.2. The highest BCUT2D eigenvalue weighted by molar-refractivity contribution is 5.89. The summed E-state index contributed by atoms with van der Waals surface area (Å²) in [6.07, 6.45) is 11.4. The molecule has 1 amide bonds. The number of anilines is 1. The third-order valence-corrected chi connectivity index (χ3v) is 11.2. The van der Waals surface area contributed by atoms with Gasteiger partial charge in [0.2, 0.25) is 5.91 Å². The Hall–Kier alpha value is -1.46. The number of rotatable bonds is 5. The number of pyridine rings is 1. The summed E-state index contributed by atoms with van der Waals surface area (Å²) in [7, 11) is 0. The van der Waals surface area contributed by atoms with Crippen LogP contribution < -0.4 is 5.32 Å². The number of hydrogen-bond acceptors (Lipinski definition) is 4. The number of aromatic nitrogens is 1. The summed E-state index contributed by atoms with van der Waals surface area (Å²) in [5.41, 5.74) is 0.536. The van der Waals surface area contributed by atoms with E-state index in [1.54, 1.807) is 6.20 Å². The molecule has 4 fully saturated rings. The van der Waals surface area contributed by atoms with Gasteiger partial charge in [-0.25, -0.2) is 4.98 Å². The molecule has 5 nitrogen and oxygen atoms in total. The second-order valence-corrected chi connectivity index (χ2v) is 12.7. The summed E-state index contributed by atoms with van der Waals surface area (Å²) >= 11 is 0. The van der Waals surface area contributed by atoms with Crippen molar-refractivity contribution in [2.45, 2.75) is 97.2 Å². The van der Waals surface area contributed by atoms with E-state index in [9.17, 15) is 15.0 Å². The summed E-state index contributed by atoms with van der Waals surface area (Å²) in [4.78, 5) is 16.7. The van der Waals surface area contributed by atoms with Gasteiger partial charge in [0, 0.05) is 12.6 Å². The van der Waals surface area contributed by atoms with Gasteiger partial charge in [0.15, 0.2) is 0 Å². The lowest BCUT2D eigenvalue weighted by Crippen LogP contribution is -2.58. The number of amides is 1. The Labute approximate surface area is 205 Å². The molecule has 4 aliphatic rings. The first-order valence-corrected chi connectivity index (χ1v) is 13.8. The number of aliphatic hydroxyl groups excluding tert-OH is 2. The zero-order valence-electron chi connectivity index (χ0n) is 21.2. The van der Waals surface area contributed by atoms with Crippen molar-refractivity contribution in [1.82, 2.24) is 4.98 Å². The van der Waals surface area contributed by atoms with Gasteiger partial charge in [0.25, 0.3) is 0 Å². The minimum absolute atomic E-state index is 0.0510. The topological polar surface area (TPSA) is 82.5 Å². The summed E-state index contributed by atoms with van der Waals surface area (Å²) < 4.78 is 0. The van der Waals surface area contributed by atoms with E-state index >= 15 is 0 Å². The van der Waals surface area contributed by atoms with E-state index in [-0.39, 0.29) is 28.9 Å². The molecule has 10 atom stereocenters. The summed E-state index contributed by atoms with van der Waals surface area (Å²) in [5, 5.41) is 24.6. The van der Waals surface area contributed by atoms with E-state index in [4.69, 9.17) is 0 Å². The van der Waals surface area contributed by atoms with E-state index in [0.29, 0.717) is 47.7 Å². The summed E-state index contributed by atoms with van der Waals surface area (Å²) in [6.45, 7) is 7.32. The maximum atomic E-state index is 12.5. The molecule has 0 aromatic carbocycles. The first-order valence-electron chi connectivity index (χ1n) is 13.8. The first kappa shape index (κ1) is 24.2. The molecule has 0 aliphatic heterocycles. The Morgan fingerprint density at radius 1 is 1.09 bits per heavy atom.